The van der Waals surface area contributed by atoms with Gasteiger partial charge >= 0.3 is 0 Å². The molecule has 2 rings (SSSR count). The van der Waals surface area contributed by atoms with Crippen molar-refractivity contribution in [1.82, 2.24) is 14.9 Å². The van der Waals surface area contributed by atoms with E-state index in [9.17, 15) is 5.21 Å². The molecule has 0 aliphatic heterocycles. The Morgan fingerprint density at radius 3 is 2.57 bits per heavy atom. The van der Waals surface area contributed by atoms with Crippen LogP contribution in [0.25, 0.3) is 0 Å². The molecule has 0 atom stereocenters. The van der Waals surface area contributed by atoms with E-state index in [0.717, 1.165) is 11.2 Å². The van der Waals surface area contributed by atoms with Gasteiger partial charge in [0.25, 0.3) is 0 Å². The lowest BCUT2D eigenvalue weighted by Crippen LogP contribution is -2.00. The van der Waals surface area contributed by atoms with Crippen molar-refractivity contribution in [3.8, 4) is 0 Å². The molecular weight excluding hydrogens is 178 g/mol. The van der Waals surface area contributed by atoms with E-state index in [4.69, 9.17) is 0 Å². The Morgan fingerprint density at radius 2 is 1.93 bits per heavy atom. The van der Waals surface area contributed by atoms with Gasteiger partial charge in [0.15, 0.2) is 12.2 Å². The van der Waals surface area contributed by atoms with Crippen LogP contribution < -0.4 is 0 Å². The van der Waals surface area contributed by atoms with Crippen molar-refractivity contribution in [2.75, 3.05) is 0 Å². The van der Waals surface area contributed by atoms with Crippen LogP contribution in [0.1, 0.15) is 11.4 Å². The third-order valence-electron chi connectivity index (χ3n) is 2.08. The average Bonchev–Trinajstić information content (AvgIpc) is 2.63. The second-order valence-corrected chi connectivity index (χ2v) is 3.08. The minimum atomic E-state index is 0.592. The third-order valence-corrected chi connectivity index (χ3v) is 2.08. The van der Waals surface area contributed by atoms with Crippen LogP contribution in [0, 0.1) is 0 Å². The normalized spacial score (nSPS) is 10.3. The summed E-state index contributed by atoms with van der Waals surface area (Å²) in [6, 6.07) is 10.1. The first-order valence-electron chi connectivity index (χ1n) is 4.48. The molecule has 1 aromatic heterocycles. The molecule has 0 bridgehead atoms. The van der Waals surface area contributed by atoms with Crippen molar-refractivity contribution in [2.24, 2.45) is 0 Å². The van der Waals surface area contributed by atoms with Crippen molar-refractivity contribution in [3.63, 3.8) is 0 Å². The Balaban J connectivity index is 1.99. The highest BCUT2D eigenvalue weighted by Crippen LogP contribution is 2.03. The van der Waals surface area contributed by atoms with Gasteiger partial charge in [-0.2, -0.15) is 4.73 Å². The predicted molar refractivity (Wildman–Crippen MR) is 51.1 cm³/mol. The van der Waals surface area contributed by atoms with Gasteiger partial charge in [0.2, 0.25) is 0 Å². The predicted octanol–water partition coefficient (Wildman–Crippen LogP) is 1.30. The lowest BCUT2D eigenvalue weighted by molar-refractivity contribution is 0.175. The number of rotatable bonds is 3. The monoisotopic (exact) mass is 189 g/mol. The third kappa shape index (κ3) is 1.90. The second kappa shape index (κ2) is 3.91. The van der Waals surface area contributed by atoms with Gasteiger partial charge in [0.1, 0.15) is 0 Å². The molecule has 4 nitrogen and oxygen atoms in total. The summed E-state index contributed by atoms with van der Waals surface area (Å²) in [6.07, 6.45) is 2.85. The van der Waals surface area contributed by atoms with Crippen LogP contribution in [0.4, 0.5) is 0 Å². The van der Waals surface area contributed by atoms with Crippen LogP contribution in [-0.4, -0.2) is 20.1 Å². The van der Waals surface area contributed by atoms with E-state index >= 15 is 0 Å². The maximum absolute atomic E-state index is 9.22. The molecule has 0 saturated heterocycles. The largest absolute Gasteiger partial charge is 0.426 e. The SMILES string of the molecule is On1cnnc1CCc1ccccc1. The first-order chi connectivity index (χ1) is 6.86. The zero-order valence-electron chi connectivity index (χ0n) is 7.67. The van der Waals surface area contributed by atoms with Crippen molar-refractivity contribution >= 4 is 0 Å². The Kier molecular flexibility index (Phi) is 2.44. The molecule has 0 fully saturated rings. The number of aromatic nitrogens is 3. The summed E-state index contributed by atoms with van der Waals surface area (Å²) < 4.78 is 0.961. The smallest absolute Gasteiger partial charge is 0.169 e. The summed E-state index contributed by atoms with van der Waals surface area (Å²) in [5.74, 6) is 0.592. The summed E-state index contributed by atoms with van der Waals surface area (Å²) in [7, 11) is 0. The fraction of sp³-hybridized carbons (Fsp3) is 0.200. The molecule has 0 unspecified atom stereocenters. The minimum absolute atomic E-state index is 0.592. The van der Waals surface area contributed by atoms with E-state index in [-0.39, 0.29) is 0 Å². The highest BCUT2D eigenvalue weighted by atomic mass is 16.5. The first kappa shape index (κ1) is 8.74. The molecule has 14 heavy (non-hydrogen) atoms. The summed E-state index contributed by atoms with van der Waals surface area (Å²) in [5.41, 5.74) is 1.23. The molecule has 0 saturated carbocycles. The number of hydrogen-bond donors (Lipinski definition) is 1. The van der Waals surface area contributed by atoms with Crippen molar-refractivity contribution in [3.05, 3.63) is 48.0 Å². The van der Waals surface area contributed by atoms with Crippen molar-refractivity contribution in [2.45, 2.75) is 12.8 Å². The highest BCUT2D eigenvalue weighted by Gasteiger charge is 2.02. The van der Waals surface area contributed by atoms with E-state index in [0.29, 0.717) is 12.2 Å². The van der Waals surface area contributed by atoms with Crippen LogP contribution >= 0.6 is 0 Å². The lowest BCUT2D eigenvalue weighted by atomic mass is 10.1. The quantitative estimate of drug-likeness (QED) is 0.740. The Labute approximate surface area is 81.8 Å². The average molecular weight is 189 g/mol. The highest BCUT2D eigenvalue weighted by molar-refractivity contribution is 5.15. The van der Waals surface area contributed by atoms with E-state index in [1.807, 2.05) is 18.2 Å². The zero-order valence-corrected chi connectivity index (χ0v) is 7.67. The summed E-state index contributed by atoms with van der Waals surface area (Å²) in [5, 5.41) is 16.6. The molecule has 0 amide bonds. The molecule has 0 spiro atoms. The molecule has 1 heterocycles. The molecule has 72 valence electrons. The number of hydrogen-bond acceptors (Lipinski definition) is 3. The molecule has 0 aliphatic rings. The number of aryl methyl sites for hydroxylation is 2. The Hall–Kier alpha value is -1.84. The van der Waals surface area contributed by atoms with E-state index in [1.54, 1.807) is 0 Å². The molecule has 1 aromatic carbocycles. The molecular formula is C10H11N3O. The number of nitrogens with zero attached hydrogens (tertiary/aromatic N) is 3. The second-order valence-electron chi connectivity index (χ2n) is 3.08. The Morgan fingerprint density at radius 1 is 1.14 bits per heavy atom. The maximum atomic E-state index is 9.22. The van der Waals surface area contributed by atoms with Crippen LogP contribution in [0.3, 0.4) is 0 Å². The fourth-order valence-electron chi connectivity index (χ4n) is 1.32. The molecule has 0 aliphatic carbocycles. The van der Waals surface area contributed by atoms with Crippen molar-refractivity contribution < 1.29 is 5.21 Å². The van der Waals surface area contributed by atoms with Crippen LogP contribution in [0.15, 0.2) is 36.7 Å². The number of benzene rings is 1. The summed E-state index contributed by atoms with van der Waals surface area (Å²) in [6.45, 7) is 0. The standard InChI is InChI=1S/C10H11N3O/c14-13-8-11-12-10(13)7-6-9-4-2-1-3-5-9/h1-5,8,14H,6-7H2. The van der Waals surface area contributed by atoms with Crippen LogP contribution in [0.5, 0.6) is 0 Å². The topological polar surface area (TPSA) is 50.9 Å². The fourth-order valence-corrected chi connectivity index (χ4v) is 1.32. The van der Waals surface area contributed by atoms with E-state index in [2.05, 4.69) is 22.3 Å². The van der Waals surface area contributed by atoms with Gasteiger partial charge in [-0.3, -0.25) is 0 Å². The first-order valence-corrected chi connectivity index (χ1v) is 4.48. The van der Waals surface area contributed by atoms with Gasteiger partial charge < -0.3 is 5.21 Å². The molecule has 0 radical (unpaired) electrons. The van der Waals surface area contributed by atoms with Gasteiger partial charge in [0, 0.05) is 6.42 Å². The van der Waals surface area contributed by atoms with Crippen LogP contribution in [0.2, 0.25) is 0 Å². The van der Waals surface area contributed by atoms with E-state index in [1.165, 1.54) is 11.9 Å². The minimum Gasteiger partial charge on any atom is -0.426 e. The van der Waals surface area contributed by atoms with E-state index < -0.39 is 0 Å². The van der Waals surface area contributed by atoms with Gasteiger partial charge in [-0.15, -0.1) is 10.2 Å². The molecule has 2 aromatic rings. The molecule has 4 heteroatoms. The van der Waals surface area contributed by atoms with Gasteiger partial charge in [-0.1, -0.05) is 30.3 Å². The summed E-state index contributed by atoms with van der Waals surface area (Å²) in [4.78, 5) is 0. The van der Waals surface area contributed by atoms with Crippen molar-refractivity contribution in [1.29, 1.82) is 0 Å². The van der Waals surface area contributed by atoms with Gasteiger partial charge in [-0.25, -0.2) is 0 Å². The van der Waals surface area contributed by atoms with Gasteiger partial charge in [0.05, 0.1) is 0 Å². The Bertz CT molecular complexity index is 397. The lowest BCUT2D eigenvalue weighted by Gasteiger charge is -1.99. The zero-order chi connectivity index (χ0) is 9.80. The molecule has 1 N–H and O–H groups in total. The summed E-state index contributed by atoms with van der Waals surface area (Å²) >= 11 is 0. The van der Waals surface area contributed by atoms with Gasteiger partial charge in [-0.05, 0) is 12.0 Å². The van der Waals surface area contributed by atoms with Crippen LogP contribution in [-0.2, 0) is 12.8 Å². The maximum Gasteiger partial charge on any atom is 0.169 e.